The van der Waals surface area contributed by atoms with Gasteiger partial charge in [0.1, 0.15) is 31.0 Å². The van der Waals surface area contributed by atoms with Crippen molar-refractivity contribution in [3.63, 3.8) is 0 Å². The number of hydrogen-bond donors (Lipinski definition) is 4. The number of allylic oxidation sites excluding steroid dienone is 1. The topological polar surface area (TPSA) is 126 Å². The molecule has 1 heterocycles. The molecule has 2 aliphatic rings. The second-order valence-corrected chi connectivity index (χ2v) is 9.09. The van der Waals surface area contributed by atoms with Gasteiger partial charge in [-0.15, -0.1) is 0 Å². The third-order valence-electron chi connectivity index (χ3n) is 6.26. The quantitative estimate of drug-likeness (QED) is 0.372. The van der Waals surface area contributed by atoms with E-state index >= 15 is 0 Å². The number of aliphatic hydroxyl groups excluding tert-OH is 4. The zero-order chi connectivity index (χ0) is 23.3. The van der Waals surface area contributed by atoms with E-state index in [1.54, 1.807) is 0 Å². The third-order valence-corrected chi connectivity index (χ3v) is 6.26. The standard InChI is InChI=1S/C23H38O8/c1-12(2)16-8-7-14(4)17(25)9-6-13(3)10-18(16)30-23-22(28)21(27)20(26)19(31-23)11-29-15(5)24/h7,12,16-23,25-28H,3,6,8-11H2,1-2,4-5H3. The lowest BCUT2D eigenvalue weighted by Gasteiger charge is -2.42. The SMILES string of the molecule is C=C1CCC(O)C(C)=CCC(C(C)C)C(OC2OC(COC(C)=O)C(O)C(O)C2O)C1. The van der Waals surface area contributed by atoms with Crippen molar-refractivity contribution in [2.75, 3.05) is 6.61 Å². The summed E-state index contributed by atoms with van der Waals surface area (Å²) in [6, 6.07) is 0. The molecule has 0 aromatic carbocycles. The second kappa shape index (κ2) is 11.5. The van der Waals surface area contributed by atoms with Gasteiger partial charge in [0.15, 0.2) is 6.29 Å². The zero-order valence-electron chi connectivity index (χ0n) is 18.9. The Morgan fingerprint density at radius 3 is 2.52 bits per heavy atom. The number of carbonyl (C=O) groups excluding carboxylic acids is 1. The summed E-state index contributed by atoms with van der Waals surface area (Å²) in [6.07, 6.45) is -3.02. The molecule has 2 rings (SSSR count). The molecule has 0 amide bonds. The van der Waals surface area contributed by atoms with E-state index in [9.17, 15) is 25.2 Å². The molecule has 8 heteroatoms. The molecule has 0 aromatic rings. The zero-order valence-corrected chi connectivity index (χ0v) is 18.9. The Kier molecular flexibility index (Phi) is 9.66. The fourth-order valence-corrected chi connectivity index (χ4v) is 4.11. The van der Waals surface area contributed by atoms with E-state index in [0.717, 1.165) is 11.1 Å². The van der Waals surface area contributed by atoms with Crippen LogP contribution in [0.15, 0.2) is 23.8 Å². The second-order valence-electron chi connectivity index (χ2n) is 9.09. The fourth-order valence-electron chi connectivity index (χ4n) is 4.11. The largest absolute Gasteiger partial charge is 0.463 e. The molecule has 1 fully saturated rings. The maximum absolute atomic E-state index is 11.1. The highest BCUT2D eigenvalue weighted by molar-refractivity contribution is 5.65. The van der Waals surface area contributed by atoms with Gasteiger partial charge in [-0.05, 0) is 50.0 Å². The first-order chi connectivity index (χ1) is 14.5. The van der Waals surface area contributed by atoms with Crippen LogP contribution >= 0.6 is 0 Å². The average molecular weight is 443 g/mol. The Hall–Kier alpha value is -1.29. The Labute approximate surface area is 184 Å². The lowest BCUT2D eigenvalue weighted by molar-refractivity contribution is -0.316. The van der Waals surface area contributed by atoms with Crippen LogP contribution in [-0.4, -0.2) is 75.9 Å². The van der Waals surface area contributed by atoms with Gasteiger partial charge < -0.3 is 34.6 Å². The van der Waals surface area contributed by atoms with Crippen molar-refractivity contribution in [2.24, 2.45) is 11.8 Å². The van der Waals surface area contributed by atoms with Crippen molar-refractivity contribution < 1.29 is 39.4 Å². The Balaban J connectivity index is 2.23. The third kappa shape index (κ3) is 7.10. The smallest absolute Gasteiger partial charge is 0.302 e. The van der Waals surface area contributed by atoms with Crippen LogP contribution in [-0.2, 0) is 19.0 Å². The molecule has 0 bridgehead atoms. The maximum Gasteiger partial charge on any atom is 0.302 e. The van der Waals surface area contributed by atoms with Gasteiger partial charge in [-0.2, -0.15) is 0 Å². The minimum atomic E-state index is -1.50. The van der Waals surface area contributed by atoms with Crippen LogP contribution in [0.25, 0.3) is 0 Å². The normalized spacial score (nSPS) is 38.0. The van der Waals surface area contributed by atoms with E-state index in [0.29, 0.717) is 25.7 Å². The maximum atomic E-state index is 11.1. The summed E-state index contributed by atoms with van der Waals surface area (Å²) in [4.78, 5) is 11.1. The highest BCUT2D eigenvalue weighted by Crippen LogP contribution is 2.33. The minimum absolute atomic E-state index is 0.0451. The van der Waals surface area contributed by atoms with Crippen molar-refractivity contribution in [3.05, 3.63) is 23.8 Å². The van der Waals surface area contributed by atoms with Gasteiger partial charge >= 0.3 is 5.97 Å². The Bertz CT molecular complexity index is 645. The van der Waals surface area contributed by atoms with Gasteiger partial charge in [-0.25, -0.2) is 0 Å². The number of ether oxygens (including phenoxy) is 3. The lowest BCUT2D eigenvalue weighted by atomic mass is 9.82. The predicted octanol–water partition coefficient (Wildman–Crippen LogP) is 1.45. The first kappa shape index (κ1) is 26.0. The van der Waals surface area contributed by atoms with Crippen LogP contribution in [0, 0.1) is 11.8 Å². The summed E-state index contributed by atoms with van der Waals surface area (Å²) in [5.41, 5.74) is 1.83. The van der Waals surface area contributed by atoms with Crippen molar-refractivity contribution in [1.29, 1.82) is 0 Å². The van der Waals surface area contributed by atoms with E-state index in [2.05, 4.69) is 20.4 Å². The molecule has 1 saturated heterocycles. The van der Waals surface area contributed by atoms with Crippen molar-refractivity contribution in [2.45, 2.75) is 96.3 Å². The summed E-state index contributed by atoms with van der Waals surface area (Å²) >= 11 is 0. The summed E-state index contributed by atoms with van der Waals surface area (Å²) < 4.78 is 16.8. The highest BCUT2D eigenvalue weighted by Gasteiger charge is 2.46. The Morgan fingerprint density at radius 2 is 1.90 bits per heavy atom. The molecule has 1 aliphatic heterocycles. The molecule has 0 saturated carbocycles. The number of hydrogen-bond acceptors (Lipinski definition) is 8. The van der Waals surface area contributed by atoms with Crippen LogP contribution < -0.4 is 0 Å². The van der Waals surface area contributed by atoms with Crippen LogP contribution in [0.1, 0.15) is 53.4 Å². The molecule has 8 nitrogen and oxygen atoms in total. The number of carbonyl (C=O) groups is 1. The number of rotatable bonds is 5. The molecule has 8 atom stereocenters. The summed E-state index contributed by atoms with van der Waals surface area (Å²) in [5.74, 6) is -0.267. The summed E-state index contributed by atoms with van der Waals surface area (Å²) in [6.45, 7) is 11.2. The molecule has 0 radical (unpaired) electrons. The van der Waals surface area contributed by atoms with Crippen LogP contribution in [0.2, 0.25) is 0 Å². The molecule has 1 aliphatic carbocycles. The van der Waals surface area contributed by atoms with E-state index < -0.39 is 42.8 Å². The first-order valence-corrected chi connectivity index (χ1v) is 11.0. The molecule has 4 N–H and O–H groups in total. The molecule has 0 spiro atoms. The predicted molar refractivity (Wildman–Crippen MR) is 114 cm³/mol. The van der Waals surface area contributed by atoms with Gasteiger partial charge in [0.25, 0.3) is 0 Å². The number of aliphatic hydroxyl groups is 4. The Morgan fingerprint density at radius 1 is 1.23 bits per heavy atom. The summed E-state index contributed by atoms with van der Waals surface area (Å²) in [7, 11) is 0. The number of esters is 1. The van der Waals surface area contributed by atoms with Gasteiger partial charge in [0, 0.05) is 6.92 Å². The van der Waals surface area contributed by atoms with Gasteiger partial charge in [0.05, 0.1) is 12.2 Å². The first-order valence-electron chi connectivity index (χ1n) is 11.0. The van der Waals surface area contributed by atoms with Crippen LogP contribution in [0.5, 0.6) is 0 Å². The lowest BCUT2D eigenvalue weighted by Crippen LogP contribution is -2.60. The molecular formula is C23H38O8. The van der Waals surface area contributed by atoms with E-state index in [1.165, 1.54) is 6.92 Å². The molecule has 178 valence electrons. The fraction of sp³-hybridized carbons (Fsp3) is 0.783. The minimum Gasteiger partial charge on any atom is -0.463 e. The molecule has 8 unspecified atom stereocenters. The van der Waals surface area contributed by atoms with E-state index in [1.807, 2.05) is 13.0 Å². The van der Waals surface area contributed by atoms with Gasteiger partial charge in [0.2, 0.25) is 0 Å². The molecule has 31 heavy (non-hydrogen) atoms. The summed E-state index contributed by atoms with van der Waals surface area (Å²) in [5, 5.41) is 41.3. The van der Waals surface area contributed by atoms with Crippen molar-refractivity contribution >= 4 is 5.97 Å². The molecule has 0 aromatic heterocycles. The monoisotopic (exact) mass is 442 g/mol. The average Bonchev–Trinajstić information content (AvgIpc) is 2.70. The van der Waals surface area contributed by atoms with Gasteiger partial charge in [-0.1, -0.05) is 32.1 Å². The van der Waals surface area contributed by atoms with Crippen LogP contribution in [0.3, 0.4) is 0 Å². The molecular weight excluding hydrogens is 404 g/mol. The van der Waals surface area contributed by atoms with Crippen LogP contribution in [0.4, 0.5) is 0 Å². The van der Waals surface area contributed by atoms with E-state index in [4.69, 9.17) is 14.2 Å². The van der Waals surface area contributed by atoms with Crippen molar-refractivity contribution in [3.8, 4) is 0 Å². The van der Waals surface area contributed by atoms with E-state index in [-0.39, 0.29) is 24.5 Å². The van der Waals surface area contributed by atoms with Crippen molar-refractivity contribution in [1.82, 2.24) is 0 Å². The highest BCUT2D eigenvalue weighted by atomic mass is 16.7. The van der Waals surface area contributed by atoms with Gasteiger partial charge in [-0.3, -0.25) is 4.79 Å².